The highest BCUT2D eigenvalue weighted by Crippen LogP contribution is 2.41. The van der Waals surface area contributed by atoms with Gasteiger partial charge in [0.1, 0.15) is 12.2 Å². The van der Waals surface area contributed by atoms with Gasteiger partial charge in [-0.05, 0) is 105 Å². The van der Waals surface area contributed by atoms with Crippen LogP contribution in [0.25, 0.3) is 0 Å². The standard InChI is InChI=1S/C44H68N2O6.8H2/c1-11-13-15-17-23-27-33-49-45-42(5,6)35-37(36-43(45,7)8)51-39(47)29-25-21-19-20-22-26-30-40(48)52-38-31-32-41(3,4)46(44(38,9)10)50-34-28-24-18-16-14-12-2;;;;;;;;/h1,37-38H,12,14,16,18-22,24-26,28-32,34-36H2,2-10H3;8*1H. The molecule has 0 spiro atoms. The Morgan fingerprint density at radius 3 is 1.79 bits per heavy atom. The normalized spacial score (nSPS) is 20.4. The fourth-order valence-electron chi connectivity index (χ4n) is 7.87. The Labute approximate surface area is 329 Å². The molecule has 0 radical (unpaired) electrons. The summed E-state index contributed by atoms with van der Waals surface area (Å²) in [7, 11) is 0. The van der Waals surface area contributed by atoms with Crippen LogP contribution in [0.4, 0.5) is 0 Å². The molecule has 2 fully saturated rings. The Hall–Kier alpha value is -3.14. The Morgan fingerprint density at radius 2 is 1.19 bits per heavy atom. The number of hydroxylamine groups is 4. The molecule has 0 aromatic heterocycles. The highest BCUT2D eigenvalue weighted by atomic mass is 16.7. The van der Waals surface area contributed by atoms with Gasteiger partial charge in [-0.25, -0.2) is 0 Å². The van der Waals surface area contributed by atoms with Crippen LogP contribution in [-0.4, -0.2) is 63.0 Å². The fourth-order valence-corrected chi connectivity index (χ4v) is 7.87. The van der Waals surface area contributed by atoms with Gasteiger partial charge in [0.05, 0.1) is 23.2 Å². The fraction of sp³-hybridized carbons (Fsp3) is 0.773. The third-order valence-corrected chi connectivity index (χ3v) is 10.2. The molecule has 52 heavy (non-hydrogen) atoms. The Balaban J connectivity index is -0.000000702. The van der Waals surface area contributed by atoms with Gasteiger partial charge in [0.2, 0.25) is 0 Å². The van der Waals surface area contributed by atoms with E-state index in [1.807, 2.05) is 5.06 Å². The zero-order valence-corrected chi connectivity index (χ0v) is 34.0. The minimum absolute atomic E-state index is 0. The van der Waals surface area contributed by atoms with Gasteiger partial charge >= 0.3 is 11.9 Å². The van der Waals surface area contributed by atoms with Crippen LogP contribution in [0.3, 0.4) is 0 Å². The largest absolute Gasteiger partial charge is 0.462 e. The van der Waals surface area contributed by atoms with Crippen molar-refractivity contribution in [1.29, 1.82) is 0 Å². The summed E-state index contributed by atoms with van der Waals surface area (Å²) in [4.78, 5) is 37.8. The maximum absolute atomic E-state index is 12.9. The molecule has 2 aliphatic rings. The first-order chi connectivity index (χ1) is 24.6. The number of carbonyl (C=O) groups excluding carboxylic acids is 2. The lowest BCUT2D eigenvalue weighted by molar-refractivity contribution is -0.304. The van der Waals surface area contributed by atoms with Crippen molar-refractivity contribution >= 4 is 11.9 Å². The van der Waals surface area contributed by atoms with Crippen molar-refractivity contribution < 1.29 is 40.2 Å². The van der Waals surface area contributed by atoms with Crippen LogP contribution >= 0.6 is 0 Å². The molecule has 0 N–H and O–H groups in total. The highest BCUT2D eigenvalue weighted by molar-refractivity contribution is 5.70. The smallest absolute Gasteiger partial charge is 0.306 e. The first-order valence-corrected chi connectivity index (χ1v) is 19.8. The number of nitrogens with zero attached hydrogens (tertiary/aromatic N) is 2. The SMILES string of the molecule is C#CC#CC#CC#CON1C(C)(C)CC(OC(=O)CCCCCCCCC(=O)OC2CCC(C)(C)N(OCCCCCCCC)C2(C)C)CC1(C)C.[HH].[HH].[HH].[HH].[HH].[HH].[HH].[HH]. The molecule has 0 bridgehead atoms. The molecule has 2 aliphatic heterocycles. The molecule has 306 valence electrons. The topological polar surface area (TPSA) is 77.5 Å². The summed E-state index contributed by atoms with van der Waals surface area (Å²) in [6.45, 7) is 19.9. The number of carbonyl (C=O) groups is 2. The molecule has 2 rings (SSSR count). The molecule has 0 amide bonds. The van der Waals surface area contributed by atoms with E-state index in [0.717, 1.165) is 57.8 Å². The van der Waals surface area contributed by atoms with Gasteiger partial charge in [-0.2, -0.15) is 5.06 Å². The van der Waals surface area contributed by atoms with E-state index in [0.29, 0.717) is 32.3 Å². The van der Waals surface area contributed by atoms with Crippen molar-refractivity contribution in [2.75, 3.05) is 6.61 Å². The molecule has 8 heteroatoms. The second kappa shape index (κ2) is 22.2. The Morgan fingerprint density at radius 1 is 0.673 bits per heavy atom. The molecule has 1 atom stereocenters. The van der Waals surface area contributed by atoms with Gasteiger partial charge in [0, 0.05) is 60.4 Å². The lowest BCUT2D eigenvalue weighted by atomic mass is 9.79. The third kappa shape index (κ3) is 15.5. The predicted molar refractivity (Wildman–Crippen MR) is 225 cm³/mol. The van der Waals surface area contributed by atoms with E-state index in [1.165, 1.54) is 32.1 Å². The first kappa shape index (κ1) is 45.0. The van der Waals surface area contributed by atoms with Crippen molar-refractivity contribution in [2.24, 2.45) is 0 Å². The number of rotatable bonds is 20. The maximum atomic E-state index is 12.9. The van der Waals surface area contributed by atoms with Crippen LogP contribution in [0, 0.1) is 48.1 Å². The summed E-state index contributed by atoms with van der Waals surface area (Å²) in [5.74, 6) is 14.6. The lowest BCUT2D eigenvalue weighted by Gasteiger charge is -2.54. The average molecular weight is 737 g/mol. The van der Waals surface area contributed by atoms with Gasteiger partial charge in [-0.3, -0.25) is 14.4 Å². The summed E-state index contributed by atoms with van der Waals surface area (Å²) >= 11 is 0. The van der Waals surface area contributed by atoms with Crippen molar-refractivity contribution in [3.63, 3.8) is 0 Å². The zero-order chi connectivity index (χ0) is 38.7. The third-order valence-electron chi connectivity index (χ3n) is 10.2. The number of unbranched alkanes of at least 4 members (excludes halogenated alkanes) is 10. The first-order valence-electron chi connectivity index (χ1n) is 19.8. The van der Waals surface area contributed by atoms with E-state index in [2.05, 4.69) is 109 Å². The number of terminal acetylenes is 1. The molecule has 2 heterocycles. The van der Waals surface area contributed by atoms with Crippen molar-refractivity contribution in [3.05, 3.63) is 0 Å². The van der Waals surface area contributed by atoms with Crippen molar-refractivity contribution in [2.45, 2.75) is 212 Å². The summed E-state index contributed by atoms with van der Waals surface area (Å²) < 4.78 is 12.0. The molecule has 0 aromatic carbocycles. The van der Waals surface area contributed by atoms with Crippen LogP contribution in [0.15, 0.2) is 0 Å². The molecular weight excluding hydrogens is 652 g/mol. The van der Waals surface area contributed by atoms with E-state index in [4.69, 9.17) is 25.6 Å². The average Bonchev–Trinajstić information content (AvgIpc) is 3.04. The molecule has 0 saturated carbocycles. The molecular formula is C44H84N2O6. The summed E-state index contributed by atoms with van der Waals surface area (Å²) in [6.07, 6.45) is 24.1. The number of esters is 2. The van der Waals surface area contributed by atoms with Crippen LogP contribution in [-0.2, 0) is 28.7 Å². The van der Waals surface area contributed by atoms with Gasteiger partial charge in [-0.1, -0.05) is 64.7 Å². The monoisotopic (exact) mass is 737 g/mol. The van der Waals surface area contributed by atoms with E-state index in [1.54, 1.807) is 0 Å². The number of piperidine rings is 2. The summed E-state index contributed by atoms with van der Waals surface area (Å²) in [5, 5.41) is 3.98. The summed E-state index contributed by atoms with van der Waals surface area (Å²) in [5.41, 5.74) is -1.33. The number of hydrogen-bond donors (Lipinski definition) is 0. The van der Waals surface area contributed by atoms with E-state index >= 15 is 0 Å². The van der Waals surface area contributed by atoms with Crippen LogP contribution in [0.1, 0.15) is 189 Å². The molecule has 1 unspecified atom stereocenters. The van der Waals surface area contributed by atoms with Crippen LogP contribution in [0.2, 0.25) is 0 Å². The quantitative estimate of drug-likeness (QED) is 0.0694. The van der Waals surface area contributed by atoms with Crippen LogP contribution in [0.5, 0.6) is 0 Å². The molecule has 0 aliphatic carbocycles. The van der Waals surface area contributed by atoms with Crippen molar-refractivity contribution in [1.82, 2.24) is 10.1 Å². The van der Waals surface area contributed by atoms with Gasteiger partial charge in [-0.15, -0.1) is 11.5 Å². The number of ether oxygens (including phenoxy) is 2. The van der Waals surface area contributed by atoms with Crippen LogP contribution < -0.4 is 0 Å². The second-order valence-corrected chi connectivity index (χ2v) is 16.9. The minimum atomic E-state index is -0.407. The Kier molecular flexibility index (Phi) is 19.2. The molecule has 8 nitrogen and oxygen atoms in total. The van der Waals surface area contributed by atoms with E-state index in [9.17, 15) is 9.59 Å². The minimum Gasteiger partial charge on any atom is -0.462 e. The maximum Gasteiger partial charge on any atom is 0.306 e. The Bertz CT molecular complexity index is 1370. The van der Waals surface area contributed by atoms with Crippen molar-refractivity contribution in [3.8, 4) is 48.1 Å². The zero-order valence-electron chi connectivity index (χ0n) is 34.0. The van der Waals surface area contributed by atoms with Gasteiger partial charge in [0.15, 0.2) is 6.11 Å². The van der Waals surface area contributed by atoms with E-state index in [-0.39, 0.29) is 41.1 Å². The van der Waals surface area contributed by atoms with Gasteiger partial charge < -0.3 is 14.3 Å². The lowest BCUT2D eigenvalue weighted by Crippen LogP contribution is -2.65. The second-order valence-electron chi connectivity index (χ2n) is 16.9. The summed E-state index contributed by atoms with van der Waals surface area (Å²) in [6, 6.07) is 0. The molecule has 0 aromatic rings. The van der Waals surface area contributed by atoms with Gasteiger partial charge in [0.25, 0.3) is 0 Å². The molecule has 2 saturated heterocycles. The highest BCUT2D eigenvalue weighted by Gasteiger charge is 2.50. The number of hydrogen-bond acceptors (Lipinski definition) is 8. The van der Waals surface area contributed by atoms with E-state index < -0.39 is 16.6 Å². The predicted octanol–water partition coefficient (Wildman–Crippen LogP) is 11.0.